The summed E-state index contributed by atoms with van der Waals surface area (Å²) in [7, 11) is 0. The van der Waals surface area contributed by atoms with Gasteiger partial charge in [0.05, 0.1) is 0 Å². The maximum atomic E-state index is 12.4. The first-order chi connectivity index (χ1) is 10.1. The molecule has 1 aromatic carbocycles. The van der Waals surface area contributed by atoms with Crippen LogP contribution in [0.25, 0.3) is 0 Å². The number of carbonyl (C=O) groups is 2. The van der Waals surface area contributed by atoms with E-state index in [-0.39, 0.29) is 30.0 Å². The van der Waals surface area contributed by atoms with Crippen LogP contribution in [0.2, 0.25) is 5.02 Å². The Bertz CT molecular complexity index is 497. The van der Waals surface area contributed by atoms with Crippen molar-refractivity contribution in [2.75, 3.05) is 19.6 Å². The van der Waals surface area contributed by atoms with Crippen molar-refractivity contribution in [1.82, 2.24) is 4.90 Å². The van der Waals surface area contributed by atoms with E-state index in [1.807, 2.05) is 4.90 Å². The summed E-state index contributed by atoms with van der Waals surface area (Å²) >= 11 is 5.83. The van der Waals surface area contributed by atoms with Crippen molar-refractivity contribution in [3.05, 3.63) is 34.9 Å². The molecule has 1 heterocycles. The predicted molar refractivity (Wildman–Crippen MR) is 90.6 cm³/mol. The topological polar surface area (TPSA) is 63.4 Å². The van der Waals surface area contributed by atoms with E-state index in [4.69, 9.17) is 17.3 Å². The van der Waals surface area contributed by atoms with Crippen molar-refractivity contribution in [3.63, 3.8) is 0 Å². The Labute approximate surface area is 142 Å². The van der Waals surface area contributed by atoms with Crippen LogP contribution >= 0.6 is 24.0 Å². The summed E-state index contributed by atoms with van der Waals surface area (Å²) in [6.07, 6.45) is 2.69. The Morgan fingerprint density at radius 3 is 2.32 bits per heavy atom. The molecule has 0 spiro atoms. The molecule has 0 aromatic heterocycles. The van der Waals surface area contributed by atoms with Gasteiger partial charge in [-0.25, -0.2) is 0 Å². The Hall–Kier alpha value is -1.10. The van der Waals surface area contributed by atoms with Gasteiger partial charge in [0.1, 0.15) is 0 Å². The number of nitrogens with zero attached hydrogens (tertiary/aromatic N) is 1. The average molecular weight is 345 g/mol. The normalized spacial score (nSPS) is 15.3. The molecule has 22 heavy (non-hydrogen) atoms. The third-order valence-corrected chi connectivity index (χ3v) is 4.19. The van der Waals surface area contributed by atoms with E-state index in [9.17, 15) is 9.59 Å². The van der Waals surface area contributed by atoms with Crippen LogP contribution in [0.4, 0.5) is 0 Å². The molecular weight excluding hydrogens is 323 g/mol. The van der Waals surface area contributed by atoms with Crippen molar-refractivity contribution in [3.8, 4) is 0 Å². The lowest BCUT2D eigenvalue weighted by molar-refractivity contribution is -0.132. The first-order valence-corrected chi connectivity index (χ1v) is 7.77. The third-order valence-electron chi connectivity index (χ3n) is 3.94. The number of hydrogen-bond donors (Lipinski definition) is 1. The maximum absolute atomic E-state index is 12.4. The number of Topliss-reactive ketones (excluding diaryl/α,β-unsaturated/α-hetero) is 1. The van der Waals surface area contributed by atoms with Gasteiger partial charge in [-0.1, -0.05) is 11.6 Å². The highest BCUT2D eigenvalue weighted by Gasteiger charge is 2.27. The molecule has 1 fully saturated rings. The fourth-order valence-electron chi connectivity index (χ4n) is 2.65. The standard InChI is InChI=1S/C16H21ClN2O2.ClH/c17-14-5-3-12(4-6-14)16(21)13-7-10-19(11-8-13)15(20)2-1-9-18;/h3-6,13H,1-2,7-11,18H2;1H. The number of amides is 1. The number of benzene rings is 1. The molecule has 0 bridgehead atoms. The van der Waals surface area contributed by atoms with E-state index in [1.165, 1.54) is 0 Å². The van der Waals surface area contributed by atoms with Crippen molar-refractivity contribution in [2.24, 2.45) is 11.7 Å². The highest BCUT2D eigenvalue weighted by molar-refractivity contribution is 6.30. The van der Waals surface area contributed by atoms with Crippen LogP contribution in [-0.4, -0.2) is 36.2 Å². The number of ketones is 1. The molecule has 1 aromatic rings. The molecule has 1 aliphatic heterocycles. The minimum Gasteiger partial charge on any atom is -0.343 e. The summed E-state index contributed by atoms with van der Waals surface area (Å²) in [5, 5.41) is 0.631. The number of likely N-dealkylation sites (tertiary alicyclic amines) is 1. The van der Waals surface area contributed by atoms with Gasteiger partial charge in [-0.2, -0.15) is 0 Å². The third kappa shape index (κ3) is 4.97. The monoisotopic (exact) mass is 344 g/mol. The predicted octanol–water partition coefficient (Wildman–Crippen LogP) is 2.92. The molecule has 0 unspecified atom stereocenters. The van der Waals surface area contributed by atoms with Crippen LogP contribution < -0.4 is 5.73 Å². The molecule has 0 atom stereocenters. The van der Waals surface area contributed by atoms with Gasteiger partial charge in [0.25, 0.3) is 0 Å². The summed E-state index contributed by atoms with van der Waals surface area (Å²) in [5.74, 6) is 0.309. The lowest BCUT2D eigenvalue weighted by Gasteiger charge is -2.31. The number of halogens is 2. The van der Waals surface area contributed by atoms with Crippen molar-refractivity contribution in [2.45, 2.75) is 25.7 Å². The zero-order chi connectivity index (χ0) is 15.2. The smallest absolute Gasteiger partial charge is 0.222 e. The van der Waals surface area contributed by atoms with Gasteiger partial charge in [-0.15, -0.1) is 12.4 Å². The fourth-order valence-corrected chi connectivity index (χ4v) is 2.78. The minimum absolute atomic E-state index is 0. The van der Waals surface area contributed by atoms with E-state index in [0.717, 1.165) is 19.3 Å². The molecule has 6 heteroatoms. The molecule has 1 amide bonds. The first kappa shape index (κ1) is 18.9. The van der Waals surface area contributed by atoms with Gasteiger partial charge >= 0.3 is 0 Å². The summed E-state index contributed by atoms with van der Waals surface area (Å²) in [6.45, 7) is 1.86. The molecule has 1 aliphatic rings. The fraction of sp³-hybridized carbons (Fsp3) is 0.500. The van der Waals surface area contributed by atoms with E-state index in [2.05, 4.69) is 0 Å². The van der Waals surface area contributed by atoms with E-state index < -0.39 is 0 Å². The second-order valence-electron chi connectivity index (χ2n) is 5.42. The number of piperidine rings is 1. The van der Waals surface area contributed by atoms with Gasteiger partial charge in [-0.05, 0) is 50.1 Å². The highest BCUT2D eigenvalue weighted by atomic mass is 35.5. The van der Waals surface area contributed by atoms with Crippen LogP contribution in [0.1, 0.15) is 36.0 Å². The second kappa shape index (κ2) is 9.13. The summed E-state index contributed by atoms with van der Waals surface area (Å²) in [4.78, 5) is 26.2. The molecule has 0 radical (unpaired) electrons. The maximum Gasteiger partial charge on any atom is 0.222 e. The average Bonchev–Trinajstić information content (AvgIpc) is 2.53. The quantitative estimate of drug-likeness (QED) is 0.835. The van der Waals surface area contributed by atoms with Crippen molar-refractivity contribution in [1.29, 1.82) is 0 Å². The summed E-state index contributed by atoms with van der Waals surface area (Å²) < 4.78 is 0. The van der Waals surface area contributed by atoms with Gasteiger partial charge in [0.15, 0.2) is 5.78 Å². The summed E-state index contributed by atoms with van der Waals surface area (Å²) in [5.41, 5.74) is 6.12. The number of hydrogen-bond acceptors (Lipinski definition) is 3. The lowest BCUT2D eigenvalue weighted by Crippen LogP contribution is -2.40. The van der Waals surface area contributed by atoms with Gasteiger partial charge in [0.2, 0.25) is 5.91 Å². The Morgan fingerprint density at radius 2 is 1.77 bits per heavy atom. The van der Waals surface area contributed by atoms with Crippen LogP contribution in [0, 0.1) is 5.92 Å². The zero-order valence-corrected chi connectivity index (χ0v) is 14.0. The largest absolute Gasteiger partial charge is 0.343 e. The molecule has 2 rings (SSSR count). The van der Waals surface area contributed by atoms with E-state index in [0.29, 0.717) is 36.6 Å². The number of rotatable bonds is 5. The molecule has 122 valence electrons. The zero-order valence-electron chi connectivity index (χ0n) is 12.5. The molecular formula is C16H22Cl2N2O2. The highest BCUT2D eigenvalue weighted by Crippen LogP contribution is 2.23. The molecule has 0 saturated carbocycles. The number of carbonyl (C=O) groups excluding carboxylic acids is 2. The molecule has 2 N–H and O–H groups in total. The Balaban J connectivity index is 0.00000242. The van der Waals surface area contributed by atoms with Crippen LogP contribution in [0.5, 0.6) is 0 Å². The molecule has 0 aliphatic carbocycles. The van der Waals surface area contributed by atoms with Crippen molar-refractivity contribution < 1.29 is 9.59 Å². The molecule has 4 nitrogen and oxygen atoms in total. The Morgan fingerprint density at radius 1 is 1.18 bits per heavy atom. The van der Waals surface area contributed by atoms with Crippen LogP contribution in [-0.2, 0) is 4.79 Å². The van der Waals surface area contributed by atoms with E-state index >= 15 is 0 Å². The first-order valence-electron chi connectivity index (χ1n) is 7.39. The molecule has 1 saturated heterocycles. The van der Waals surface area contributed by atoms with Gasteiger partial charge in [0, 0.05) is 36.0 Å². The Kier molecular flexibility index (Phi) is 7.87. The summed E-state index contributed by atoms with van der Waals surface area (Å²) in [6, 6.07) is 7.01. The van der Waals surface area contributed by atoms with Crippen LogP contribution in [0.15, 0.2) is 24.3 Å². The van der Waals surface area contributed by atoms with Crippen LogP contribution in [0.3, 0.4) is 0 Å². The number of nitrogens with two attached hydrogens (primary N) is 1. The van der Waals surface area contributed by atoms with E-state index in [1.54, 1.807) is 24.3 Å². The SMILES string of the molecule is Cl.NCCCC(=O)N1CCC(C(=O)c2ccc(Cl)cc2)CC1. The van der Waals surface area contributed by atoms with Gasteiger partial charge in [-0.3, -0.25) is 9.59 Å². The van der Waals surface area contributed by atoms with Crippen molar-refractivity contribution >= 4 is 35.7 Å². The lowest BCUT2D eigenvalue weighted by atomic mass is 9.89. The second-order valence-corrected chi connectivity index (χ2v) is 5.85. The van der Waals surface area contributed by atoms with Gasteiger partial charge < -0.3 is 10.6 Å². The minimum atomic E-state index is 0.